The molecule has 0 saturated heterocycles. The smallest absolute Gasteiger partial charge is 0.111 e. The van der Waals surface area contributed by atoms with E-state index in [2.05, 4.69) is 15.6 Å². The summed E-state index contributed by atoms with van der Waals surface area (Å²) < 4.78 is 7.76. The first-order valence-corrected chi connectivity index (χ1v) is 7.80. The van der Waals surface area contributed by atoms with Crippen molar-refractivity contribution < 1.29 is 4.74 Å². The maximum Gasteiger partial charge on any atom is 0.111 e. The molecular formula is C16H18ClN3O. The van der Waals surface area contributed by atoms with Crippen molar-refractivity contribution in [3.05, 3.63) is 29.6 Å². The summed E-state index contributed by atoms with van der Waals surface area (Å²) in [5.74, 6) is 1.51. The molecule has 2 aromatic rings. The van der Waals surface area contributed by atoms with Crippen LogP contribution in [0.4, 0.5) is 0 Å². The van der Waals surface area contributed by atoms with Crippen LogP contribution in [-0.4, -0.2) is 28.6 Å². The summed E-state index contributed by atoms with van der Waals surface area (Å²) >= 11 is 5.93. The van der Waals surface area contributed by atoms with Gasteiger partial charge in [-0.3, -0.25) is 0 Å². The summed E-state index contributed by atoms with van der Waals surface area (Å²) in [7, 11) is 1.77. The van der Waals surface area contributed by atoms with Crippen LogP contribution in [0.3, 0.4) is 0 Å². The predicted octanol–water partition coefficient (Wildman–Crippen LogP) is 3.43. The average molecular weight is 304 g/mol. The van der Waals surface area contributed by atoms with Gasteiger partial charge in [0, 0.05) is 25.5 Å². The van der Waals surface area contributed by atoms with Crippen LogP contribution in [0.25, 0.3) is 11.0 Å². The Morgan fingerprint density at radius 2 is 2.33 bits per heavy atom. The van der Waals surface area contributed by atoms with Gasteiger partial charge in [0.2, 0.25) is 0 Å². The number of methoxy groups -OCH3 is 1. The monoisotopic (exact) mass is 303 g/mol. The standard InChI is InChI=1S/C16H18ClN3O/c1-21-13-6-5-12(9-13)20-14-4-2-3-11(10-18)16(14)19-15(20)7-8-17/h2-4,12-13H,5-9H2,1H3. The molecule has 4 nitrogen and oxygen atoms in total. The van der Waals surface area contributed by atoms with Crippen LogP contribution in [0.5, 0.6) is 0 Å². The fourth-order valence-corrected chi connectivity index (χ4v) is 3.46. The minimum atomic E-state index is 0.315. The van der Waals surface area contributed by atoms with E-state index in [9.17, 15) is 5.26 Å². The molecule has 110 valence electrons. The summed E-state index contributed by atoms with van der Waals surface area (Å²) in [6.07, 6.45) is 4.17. The second-order valence-electron chi connectivity index (χ2n) is 5.45. The van der Waals surface area contributed by atoms with Crippen molar-refractivity contribution >= 4 is 22.6 Å². The predicted molar refractivity (Wildman–Crippen MR) is 82.6 cm³/mol. The van der Waals surface area contributed by atoms with Crippen molar-refractivity contribution in [3.63, 3.8) is 0 Å². The Morgan fingerprint density at radius 3 is 3.00 bits per heavy atom. The molecule has 0 amide bonds. The Hall–Kier alpha value is -1.57. The van der Waals surface area contributed by atoms with Crippen LogP contribution in [0.2, 0.25) is 0 Å². The van der Waals surface area contributed by atoms with Gasteiger partial charge in [-0.25, -0.2) is 4.98 Å². The largest absolute Gasteiger partial charge is 0.381 e. The van der Waals surface area contributed by atoms with Gasteiger partial charge >= 0.3 is 0 Å². The van der Waals surface area contributed by atoms with Crippen LogP contribution in [-0.2, 0) is 11.2 Å². The number of fused-ring (bicyclic) bond motifs is 1. The minimum Gasteiger partial charge on any atom is -0.381 e. The average Bonchev–Trinajstić information content (AvgIpc) is 3.10. The van der Waals surface area contributed by atoms with Gasteiger partial charge in [0.25, 0.3) is 0 Å². The molecule has 0 radical (unpaired) electrons. The number of imidazole rings is 1. The van der Waals surface area contributed by atoms with Crippen molar-refractivity contribution in [2.45, 2.75) is 37.8 Å². The van der Waals surface area contributed by atoms with E-state index < -0.39 is 0 Å². The third kappa shape index (κ3) is 2.52. The van der Waals surface area contributed by atoms with Crippen molar-refractivity contribution in [2.75, 3.05) is 13.0 Å². The van der Waals surface area contributed by atoms with E-state index in [0.717, 1.165) is 42.5 Å². The fourth-order valence-electron chi connectivity index (χ4n) is 3.29. The van der Waals surface area contributed by atoms with Gasteiger partial charge in [-0.05, 0) is 31.4 Å². The number of benzene rings is 1. The molecule has 1 fully saturated rings. The summed E-state index contributed by atoms with van der Waals surface area (Å²) in [4.78, 5) is 4.68. The third-order valence-corrected chi connectivity index (χ3v) is 4.48. The molecule has 1 heterocycles. The number of aromatic nitrogens is 2. The number of halogens is 1. The van der Waals surface area contributed by atoms with Crippen LogP contribution >= 0.6 is 11.6 Å². The summed E-state index contributed by atoms with van der Waals surface area (Å²) in [6, 6.07) is 8.39. The lowest BCUT2D eigenvalue weighted by molar-refractivity contribution is 0.106. The first-order chi connectivity index (χ1) is 10.3. The van der Waals surface area contributed by atoms with Crippen LogP contribution in [0.15, 0.2) is 18.2 Å². The first-order valence-electron chi connectivity index (χ1n) is 7.27. The van der Waals surface area contributed by atoms with Crippen molar-refractivity contribution in [2.24, 2.45) is 0 Å². The lowest BCUT2D eigenvalue weighted by Crippen LogP contribution is -2.12. The van der Waals surface area contributed by atoms with Crippen molar-refractivity contribution in [1.82, 2.24) is 9.55 Å². The number of hydrogen-bond donors (Lipinski definition) is 0. The summed E-state index contributed by atoms with van der Waals surface area (Å²) in [5, 5.41) is 9.27. The summed E-state index contributed by atoms with van der Waals surface area (Å²) in [5.41, 5.74) is 2.46. The van der Waals surface area contributed by atoms with Gasteiger partial charge in [-0.2, -0.15) is 5.26 Å². The van der Waals surface area contributed by atoms with Crippen molar-refractivity contribution in [3.8, 4) is 6.07 Å². The van der Waals surface area contributed by atoms with Crippen molar-refractivity contribution in [1.29, 1.82) is 5.26 Å². The molecule has 2 atom stereocenters. The Morgan fingerprint density at radius 1 is 1.48 bits per heavy atom. The molecule has 1 aromatic carbocycles. The molecule has 21 heavy (non-hydrogen) atoms. The number of aryl methyl sites for hydroxylation is 1. The quantitative estimate of drug-likeness (QED) is 0.813. The lowest BCUT2D eigenvalue weighted by atomic mass is 10.2. The highest BCUT2D eigenvalue weighted by Crippen LogP contribution is 2.35. The zero-order valence-electron chi connectivity index (χ0n) is 12.1. The van der Waals surface area contributed by atoms with Crippen LogP contribution < -0.4 is 0 Å². The maximum absolute atomic E-state index is 9.27. The molecule has 5 heteroatoms. The van der Waals surface area contributed by atoms with Gasteiger partial charge in [-0.1, -0.05) is 6.07 Å². The molecule has 0 spiro atoms. The number of rotatable bonds is 4. The molecule has 1 aromatic heterocycles. The molecule has 1 saturated carbocycles. The van der Waals surface area contributed by atoms with E-state index in [1.807, 2.05) is 18.2 Å². The van der Waals surface area contributed by atoms with Gasteiger partial charge in [-0.15, -0.1) is 11.6 Å². The molecule has 0 bridgehead atoms. The van der Waals surface area contributed by atoms with E-state index in [1.165, 1.54) is 0 Å². The highest BCUT2D eigenvalue weighted by atomic mass is 35.5. The lowest BCUT2D eigenvalue weighted by Gasteiger charge is -2.16. The third-order valence-electron chi connectivity index (χ3n) is 4.29. The zero-order valence-corrected chi connectivity index (χ0v) is 12.8. The van der Waals surface area contributed by atoms with E-state index in [-0.39, 0.29) is 0 Å². The van der Waals surface area contributed by atoms with Gasteiger partial charge in [0.15, 0.2) is 0 Å². The van der Waals surface area contributed by atoms with E-state index in [1.54, 1.807) is 7.11 Å². The normalized spacial score (nSPS) is 21.8. The highest BCUT2D eigenvalue weighted by Gasteiger charge is 2.29. The molecule has 1 aliphatic carbocycles. The second-order valence-corrected chi connectivity index (χ2v) is 5.82. The highest BCUT2D eigenvalue weighted by molar-refractivity contribution is 6.17. The summed E-state index contributed by atoms with van der Waals surface area (Å²) in [6.45, 7) is 0. The van der Waals surface area contributed by atoms with Gasteiger partial charge in [0.05, 0.1) is 17.2 Å². The number of para-hydroxylation sites is 1. The molecule has 3 rings (SSSR count). The number of nitrogens with zero attached hydrogens (tertiary/aromatic N) is 3. The molecular weight excluding hydrogens is 286 g/mol. The first kappa shape index (κ1) is 14.4. The molecule has 2 unspecified atom stereocenters. The van der Waals surface area contributed by atoms with Crippen LogP contribution in [0, 0.1) is 11.3 Å². The van der Waals surface area contributed by atoms with E-state index in [4.69, 9.17) is 16.3 Å². The zero-order chi connectivity index (χ0) is 14.8. The SMILES string of the molecule is COC1CCC(n2c(CCCl)nc3c(C#N)cccc32)C1. The van der Waals surface area contributed by atoms with E-state index in [0.29, 0.717) is 23.6 Å². The topological polar surface area (TPSA) is 50.8 Å². The molecule has 0 aliphatic heterocycles. The number of nitriles is 1. The van der Waals surface area contributed by atoms with Gasteiger partial charge in [0.1, 0.15) is 17.4 Å². The molecule has 1 aliphatic rings. The van der Waals surface area contributed by atoms with E-state index >= 15 is 0 Å². The molecule has 0 N–H and O–H groups in total. The van der Waals surface area contributed by atoms with Gasteiger partial charge < -0.3 is 9.30 Å². The maximum atomic E-state index is 9.27. The Bertz CT molecular complexity index is 689. The number of hydrogen-bond acceptors (Lipinski definition) is 3. The number of ether oxygens (including phenoxy) is 1. The number of alkyl halides is 1. The fraction of sp³-hybridized carbons (Fsp3) is 0.500. The Labute approximate surface area is 129 Å². The van der Waals surface area contributed by atoms with Crippen LogP contribution in [0.1, 0.15) is 36.7 Å². The second kappa shape index (κ2) is 6.05. The Kier molecular flexibility index (Phi) is 4.14. The Balaban J connectivity index is 2.11. The minimum absolute atomic E-state index is 0.315.